The molecule has 2 aliphatic heterocycles. The van der Waals surface area contributed by atoms with Gasteiger partial charge in [-0.05, 0) is 17.5 Å². The summed E-state index contributed by atoms with van der Waals surface area (Å²) in [5.41, 5.74) is 8.07. The number of alkyl halides is 1. The van der Waals surface area contributed by atoms with E-state index in [2.05, 4.69) is 12.6 Å². The number of benzene rings is 1. The van der Waals surface area contributed by atoms with Gasteiger partial charge < -0.3 is 15.4 Å². The first-order chi connectivity index (χ1) is 10.6. The van der Waals surface area contributed by atoms with Crippen molar-refractivity contribution in [1.29, 1.82) is 0 Å². The molecule has 1 aromatic rings. The highest BCUT2D eigenvalue weighted by Gasteiger charge is 2.38. The lowest BCUT2D eigenvalue weighted by Gasteiger charge is -2.39. The number of nitrogens with two attached hydrogens (primary N) is 1. The van der Waals surface area contributed by atoms with Gasteiger partial charge in [0.2, 0.25) is 0 Å². The topological polar surface area (TPSA) is 55.6 Å². The molecule has 22 heavy (non-hydrogen) atoms. The second kappa shape index (κ2) is 6.18. The van der Waals surface area contributed by atoms with E-state index in [1.54, 1.807) is 11.0 Å². The fraction of sp³-hybridized carbons (Fsp3) is 0.471. The number of hydrogen-bond donors (Lipinski definition) is 1. The molecular formula is C17H21FN2O2. The molecule has 3 rings (SSSR count). The highest BCUT2D eigenvalue weighted by atomic mass is 19.1. The standard InChI is InChI=1S/C17H21FN2O2/c1-2-15-12-6-4-3-5-11(12)7-8-20(15)17(21)16-9-14(19)13(18)10-22-16/h2-6,13-16H,1,7-10,19H2/t13-,14+,15-,16+/m0/s1. The van der Waals surface area contributed by atoms with Gasteiger partial charge >= 0.3 is 0 Å². The fourth-order valence-corrected chi connectivity index (χ4v) is 3.25. The van der Waals surface area contributed by atoms with Crippen molar-refractivity contribution in [1.82, 2.24) is 4.90 Å². The van der Waals surface area contributed by atoms with Crippen molar-refractivity contribution in [3.63, 3.8) is 0 Å². The number of rotatable bonds is 2. The lowest BCUT2D eigenvalue weighted by atomic mass is 9.91. The average Bonchev–Trinajstić information content (AvgIpc) is 2.55. The molecule has 0 saturated carbocycles. The molecule has 1 amide bonds. The Kier molecular flexibility index (Phi) is 4.27. The van der Waals surface area contributed by atoms with E-state index in [-0.39, 0.29) is 25.0 Å². The fourth-order valence-electron chi connectivity index (χ4n) is 3.25. The maximum Gasteiger partial charge on any atom is 0.252 e. The molecule has 1 aromatic carbocycles. The van der Waals surface area contributed by atoms with Crippen molar-refractivity contribution in [3.05, 3.63) is 48.0 Å². The molecule has 0 unspecified atom stereocenters. The molecular weight excluding hydrogens is 283 g/mol. The van der Waals surface area contributed by atoms with Crippen LogP contribution in [0.1, 0.15) is 23.6 Å². The highest BCUT2D eigenvalue weighted by Crippen LogP contribution is 2.32. The average molecular weight is 304 g/mol. The summed E-state index contributed by atoms with van der Waals surface area (Å²) in [5.74, 6) is -0.123. The van der Waals surface area contributed by atoms with Gasteiger partial charge in [-0.25, -0.2) is 4.39 Å². The van der Waals surface area contributed by atoms with Crippen LogP contribution < -0.4 is 5.73 Å². The van der Waals surface area contributed by atoms with Crippen LogP contribution in [0.15, 0.2) is 36.9 Å². The van der Waals surface area contributed by atoms with Crippen molar-refractivity contribution in [3.8, 4) is 0 Å². The minimum Gasteiger partial charge on any atom is -0.365 e. The number of carbonyl (C=O) groups is 1. The van der Waals surface area contributed by atoms with E-state index in [1.807, 2.05) is 18.2 Å². The Morgan fingerprint density at radius 2 is 2.23 bits per heavy atom. The van der Waals surface area contributed by atoms with Gasteiger partial charge in [0.05, 0.1) is 12.6 Å². The number of carbonyl (C=O) groups excluding carboxylic acids is 1. The molecule has 2 aliphatic rings. The van der Waals surface area contributed by atoms with E-state index in [1.165, 1.54) is 5.56 Å². The monoisotopic (exact) mass is 304 g/mol. The zero-order chi connectivity index (χ0) is 15.7. The summed E-state index contributed by atoms with van der Waals surface area (Å²) >= 11 is 0. The van der Waals surface area contributed by atoms with Crippen molar-refractivity contribution in [2.75, 3.05) is 13.2 Å². The van der Waals surface area contributed by atoms with Gasteiger partial charge in [-0.1, -0.05) is 30.3 Å². The highest BCUT2D eigenvalue weighted by molar-refractivity contribution is 5.82. The van der Waals surface area contributed by atoms with Crippen LogP contribution >= 0.6 is 0 Å². The van der Waals surface area contributed by atoms with Gasteiger partial charge in [-0.2, -0.15) is 0 Å². The van der Waals surface area contributed by atoms with Crippen LogP contribution in [-0.4, -0.2) is 42.3 Å². The minimum atomic E-state index is -1.19. The molecule has 0 spiro atoms. The Hall–Kier alpha value is -1.72. The van der Waals surface area contributed by atoms with Crippen LogP contribution in [0.25, 0.3) is 0 Å². The van der Waals surface area contributed by atoms with E-state index in [0.717, 1.165) is 12.0 Å². The van der Waals surface area contributed by atoms with Gasteiger partial charge in [-0.3, -0.25) is 4.79 Å². The first-order valence-electron chi connectivity index (χ1n) is 7.64. The quantitative estimate of drug-likeness (QED) is 0.847. The SMILES string of the molecule is C=C[C@H]1c2ccccc2CCN1C(=O)[C@H]1C[C@@H](N)[C@@H](F)CO1. The van der Waals surface area contributed by atoms with Crippen LogP contribution in [0, 0.1) is 0 Å². The summed E-state index contributed by atoms with van der Waals surface area (Å²) in [5, 5.41) is 0. The maximum atomic E-state index is 13.4. The molecule has 0 aliphatic carbocycles. The Morgan fingerprint density at radius 3 is 2.95 bits per heavy atom. The Bertz CT molecular complexity index is 578. The second-order valence-electron chi connectivity index (χ2n) is 5.90. The predicted molar refractivity (Wildman–Crippen MR) is 82.0 cm³/mol. The maximum absolute atomic E-state index is 13.4. The lowest BCUT2D eigenvalue weighted by molar-refractivity contribution is -0.152. The largest absolute Gasteiger partial charge is 0.365 e. The Labute approximate surface area is 129 Å². The number of halogens is 1. The van der Waals surface area contributed by atoms with Gasteiger partial charge in [0, 0.05) is 19.0 Å². The van der Waals surface area contributed by atoms with E-state index in [0.29, 0.717) is 6.54 Å². The molecule has 0 aromatic heterocycles. The van der Waals surface area contributed by atoms with Crippen LogP contribution in [0.2, 0.25) is 0 Å². The molecule has 4 nitrogen and oxygen atoms in total. The normalized spacial score (nSPS) is 31.5. The molecule has 2 heterocycles. The number of nitrogens with zero attached hydrogens (tertiary/aromatic N) is 1. The van der Waals surface area contributed by atoms with E-state index in [4.69, 9.17) is 10.5 Å². The van der Waals surface area contributed by atoms with Gasteiger partial charge in [0.1, 0.15) is 12.3 Å². The summed E-state index contributed by atoms with van der Waals surface area (Å²) in [6, 6.07) is 7.26. The molecule has 1 saturated heterocycles. The van der Waals surface area contributed by atoms with Crippen LogP contribution in [0.5, 0.6) is 0 Å². The number of amides is 1. The van der Waals surface area contributed by atoms with Gasteiger partial charge in [0.15, 0.2) is 0 Å². The summed E-state index contributed by atoms with van der Waals surface area (Å²) in [6.45, 7) is 4.37. The van der Waals surface area contributed by atoms with Crippen LogP contribution in [0.3, 0.4) is 0 Å². The summed E-state index contributed by atoms with van der Waals surface area (Å²) in [7, 11) is 0. The molecule has 2 N–H and O–H groups in total. The number of fused-ring (bicyclic) bond motifs is 1. The Morgan fingerprint density at radius 1 is 1.45 bits per heavy atom. The molecule has 0 radical (unpaired) electrons. The predicted octanol–water partition coefficient (Wildman–Crippen LogP) is 1.75. The summed E-state index contributed by atoms with van der Waals surface area (Å²) < 4.78 is 18.8. The van der Waals surface area contributed by atoms with Crippen LogP contribution in [-0.2, 0) is 16.0 Å². The lowest BCUT2D eigenvalue weighted by Crippen LogP contribution is -2.52. The third-order valence-corrected chi connectivity index (χ3v) is 4.52. The number of ether oxygens (including phenoxy) is 1. The minimum absolute atomic E-state index is 0.110. The van der Waals surface area contributed by atoms with Crippen molar-refractivity contribution < 1.29 is 13.9 Å². The smallest absolute Gasteiger partial charge is 0.252 e. The third kappa shape index (κ3) is 2.66. The zero-order valence-corrected chi connectivity index (χ0v) is 12.5. The van der Waals surface area contributed by atoms with Crippen molar-refractivity contribution in [2.45, 2.75) is 37.2 Å². The molecule has 0 bridgehead atoms. The summed E-state index contributed by atoms with van der Waals surface area (Å²) in [4.78, 5) is 14.5. The number of hydrogen-bond acceptors (Lipinski definition) is 3. The first kappa shape index (κ1) is 15.2. The van der Waals surface area contributed by atoms with E-state index < -0.39 is 18.3 Å². The summed E-state index contributed by atoms with van der Waals surface area (Å²) in [6.07, 6.45) is 0.950. The van der Waals surface area contributed by atoms with E-state index in [9.17, 15) is 9.18 Å². The van der Waals surface area contributed by atoms with Gasteiger partial charge in [-0.15, -0.1) is 6.58 Å². The van der Waals surface area contributed by atoms with Crippen LogP contribution in [0.4, 0.5) is 4.39 Å². The molecule has 5 heteroatoms. The van der Waals surface area contributed by atoms with Crippen molar-refractivity contribution in [2.24, 2.45) is 5.73 Å². The molecule has 118 valence electrons. The van der Waals surface area contributed by atoms with Gasteiger partial charge in [0.25, 0.3) is 5.91 Å². The first-order valence-corrected chi connectivity index (χ1v) is 7.64. The second-order valence-corrected chi connectivity index (χ2v) is 5.90. The molecule has 4 atom stereocenters. The molecule has 1 fully saturated rings. The Balaban J connectivity index is 1.80. The third-order valence-electron chi connectivity index (χ3n) is 4.52. The zero-order valence-electron chi connectivity index (χ0n) is 12.5. The van der Waals surface area contributed by atoms with E-state index >= 15 is 0 Å². The van der Waals surface area contributed by atoms with Crippen molar-refractivity contribution >= 4 is 5.91 Å².